The minimum Gasteiger partial charge on any atom is -0.428 e. The largest absolute Gasteiger partial charge is 0.514 e. The van der Waals surface area contributed by atoms with E-state index in [0.29, 0.717) is 28.2 Å². The van der Waals surface area contributed by atoms with Crippen LogP contribution in [-0.2, 0) is 4.74 Å². The molecule has 0 atom stereocenters. The Morgan fingerprint density at radius 3 is 1.62 bits per heavy atom. The number of aryl methyl sites for hydroxylation is 4. The molecule has 0 radical (unpaired) electrons. The molecule has 7 rings (SSSR count). The number of rotatable bonds is 4. The van der Waals surface area contributed by atoms with E-state index < -0.39 is 20.0 Å². The Hall–Kier alpha value is -5.19. The molecule has 1 heterocycles. The van der Waals surface area contributed by atoms with Gasteiger partial charge in [0.1, 0.15) is 28.3 Å². The normalized spacial score (nSPS) is 11.7. The maximum absolute atomic E-state index is 12.9. The molecule has 7 heteroatoms. The average Bonchev–Trinajstić information content (AvgIpc) is 3.19. The van der Waals surface area contributed by atoms with Crippen LogP contribution in [0.2, 0.25) is 0 Å². The first-order chi connectivity index (χ1) is 22.9. The van der Waals surface area contributed by atoms with Crippen molar-refractivity contribution in [1.29, 1.82) is 0 Å². The molecule has 0 bridgehead atoms. The molecule has 0 aliphatic carbocycles. The molecule has 48 heavy (non-hydrogen) atoms. The quantitative estimate of drug-likeness (QED) is 0.139. The van der Waals surface area contributed by atoms with E-state index in [2.05, 4.69) is 42.5 Å². The molecule has 0 aliphatic heterocycles. The lowest BCUT2D eigenvalue weighted by molar-refractivity contribution is 0.0205. The van der Waals surface area contributed by atoms with Gasteiger partial charge in [-0.25, -0.2) is 4.79 Å². The van der Waals surface area contributed by atoms with E-state index in [0.717, 1.165) is 60.1 Å². The van der Waals surface area contributed by atoms with Gasteiger partial charge in [0.25, 0.3) is 0 Å². The molecule has 0 N–H and O–H groups in total. The van der Waals surface area contributed by atoms with Crippen molar-refractivity contribution >= 4 is 57.9 Å². The highest BCUT2D eigenvalue weighted by Crippen LogP contribution is 2.47. The van der Waals surface area contributed by atoms with Crippen LogP contribution in [0.15, 0.2) is 105 Å². The van der Waals surface area contributed by atoms with Crippen molar-refractivity contribution < 1.29 is 27.2 Å². The molecular formula is C41H37O6P. The van der Waals surface area contributed by atoms with Crippen LogP contribution in [0, 0.1) is 27.7 Å². The van der Waals surface area contributed by atoms with Gasteiger partial charge in [0.2, 0.25) is 0 Å². The summed E-state index contributed by atoms with van der Waals surface area (Å²) in [6, 6.07) is 32.8. The van der Waals surface area contributed by atoms with Gasteiger partial charge >= 0.3 is 14.4 Å². The molecule has 0 unspecified atom stereocenters. The van der Waals surface area contributed by atoms with Crippen LogP contribution < -0.4 is 9.26 Å². The van der Waals surface area contributed by atoms with Gasteiger partial charge in [-0.05, 0) is 117 Å². The number of ether oxygens (including phenoxy) is 2. The first-order valence-electron chi connectivity index (χ1n) is 16.0. The van der Waals surface area contributed by atoms with Gasteiger partial charge in [0.05, 0.1) is 0 Å². The van der Waals surface area contributed by atoms with Crippen molar-refractivity contribution in [3.05, 3.63) is 119 Å². The Bertz CT molecular complexity index is 2340. The molecule has 0 saturated heterocycles. The molecule has 0 fully saturated rings. The van der Waals surface area contributed by atoms with Gasteiger partial charge < -0.3 is 22.4 Å². The fourth-order valence-corrected chi connectivity index (χ4v) is 7.51. The molecule has 0 saturated carbocycles. The first-order valence-corrected chi connectivity index (χ1v) is 17.1. The van der Waals surface area contributed by atoms with Crippen molar-refractivity contribution in [2.24, 2.45) is 0 Å². The summed E-state index contributed by atoms with van der Waals surface area (Å²) in [5.41, 5.74) is 5.86. The summed E-state index contributed by atoms with van der Waals surface area (Å²) in [6.07, 6.45) is -0.768. The van der Waals surface area contributed by atoms with E-state index in [1.165, 1.54) is 0 Å². The van der Waals surface area contributed by atoms with Crippen molar-refractivity contribution in [2.75, 3.05) is 0 Å². The van der Waals surface area contributed by atoms with Gasteiger partial charge in [-0.15, -0.1) is 0 Å². The van der Waals surface area contributed by atoms with E-state index in [-0.39, 0.29) is 0 Å². The second-order valence-electron chi connectivity index (χ2n) is 13.3. The summed E-state index contributed by atoms with van der Waals surface area (Å²) >= 11 is 0. The number of carbonyl (C=O) groups is 1. The van der Waals surface area contributed by atoms with Crippen LogP contribution in [0.4, 0.5) is 4.79 Å². The van der Waals surface area contributed by atoms with Gasteiger partial charge in [0.15, 0.2) is 0 Å². The third-order valence-corrected chi connectivity index (χ3v) is 9.27. The Balaban J connectivity index is 1.47. The van der Waals surface area contributed by atoms with E-state index >= 15 is 0 Å². The molecule has 1 aromatic heterocycles. The lowest BCUT2D eigenvalue weighted by Gasteiger charge is -2.21. The van der Waals surface area contributed by atoms with Crippen molar-refractivity contribution in [3.8, 4) is 22.6 Å². The Labute approximate surface area is 280 Å². The predicted octanol–water partition coefficient (Wildman–Crippen LogP) is 12.7. The molecular weight excluding hydrogens is 619 g/mol. The summed E-state index contributed by atoms with van der Waals surface area (Å²) in [4.78, 5) is 12.9. The zero-order valence-electron chi connectivity index (χ0n) is 28.1. The summed E-state index contributed by atoms with van der Waals surface area (Å²) in [7, 11) is -1.98. The molecule has 6 aromatic carbocycles. The van der Waals surface area contributed by atoms with Crippen LogP contribution >= 0.6 is 8.24 Å². The highest BCUT2D eigenvalue weighted by Gasteiger charge is 2.24. The number of fused-ring (bicyclic) bond motifs is 7. The lowest BCUT2D eigenvalue weighted by atomic mass is 9.95. The Morgan fingerprint density at radius 1 is 0.625 bits per heavy atom. The molecule has 7 aromatic rings. The van der Waals surface area contributed by atoms with E-state index in [4.69, 9.17) is 22.4 Å². The fourth-order valence-electron chi connectivity index (χ4n) is 6.38. The summed E-state index contributed by atoms with van der Waals surface area (Å²) < 4.78 is 31.6. The Kier molecular flexibility index (Phi) is 7.93. The van der Waals surface area contributed by atoms with Gasteiger partial charge in [0, 0.05) is 21.9 Å². The summed E-state index contributed by atoms with van der Waals surface area (Å²) in [6.45, 7) is 13.4. The van der Waals surface area contributed by atoms with Crippen molar-refractivity contribution in [3.63, 3.8) is 0 Å². The maximum Gasteiger partial charge on any atom is 0.514 e. The predicted molar refractivity (Wildman–Crippen MR) is 195 cm³/mol. The van der Waals surface area contributed by atoms with Crippen LogP contribution in [-0.4, -0.2) is 11.8 Å². The number of hydrogen-bond donors (Lipinski definition) is 0. The summed E-state index contributed by atoms with van der Waals surface area (Å²) in [5, 5.41) is 6.29. The van der Waals surface area contributed by atoms with Crippen LogP contribution in [0.5, 0.6) is 11.5 Å². The molecule has 6 nitrogen and oxygen atoms in total. The highest BCUT2D eigenvalue weighted by atomic mass is 31.1. The summed E-state index contributed by atoms with van der Waals surface area (Å²) in [5.74, 6) is 0.992. The monoisotopic (exact) mass is 656 g/mol. The first kappa shape index (κ1) is 31.4. The smallest absolute Gasteiger partial charge is 0.428 e. The lowest BCUT2D eigenvalue weighted by Crippen LogP contribution is -2.26. The SMILES string of the molecule is Cc1cc(C)c(OC(=O)OC(C)(C)C)c(-c2cc(C)cc(C)c2Op2oc3ccc4ccccc4c3c3c(ccc4ccccc43)o2)c1. The van der Waals surface area contributed by atoms with Crippen LogP contribution in [0.25, 0.3) is 54.6 Å². The van der Waals surface area contributed by atoms with Gasteiger partial charge in [-0.1, -0.05) is 72.8 Å². The van der Waals surface area contributed by atoms with Crippen molar-refractivity contribution in [1.82, 2.24) is 0 Å². The van der Waals surface area contributed by atoms with E-state index in [1.807, 2.05) is 103 Å². The third kappa shape index (κ3) is 6.00. The number of carbonyl (C=O) groups excluding carboxylic acids is 1. The second-order valence-corrected chi connectivity index (χ2v) is 14.3. The minimum atomic E-state index is -1.98. The maximum atomic E-state index is 12.9. The third-order valence-electron chi connectivity index (χ3n) is 8.25. The van der Waals surface area contributed by atoms with Gasteiger partial charge in [-0.3, -0.25) is 0 Å². The van der Waals surface area contributed by atoms with Gasteiger partial charge in [-0.2, -0.15) is 0 Å². The van der Waals surface area contributed by atoms with E-state index in [1.54, 1.807) is 0 Å². The number of hydrogen-bond acceptors (Lipinski definition) is 6. The zero-order chi connectivity index (χ0) is 33.7. The van der Waals surface area contributed by atoms with Crippen LogP contribution in [0.3, 0.4) is 0 Å². The van der Waals surface area contributed by atoms with Crippen LogP contribution in [0.1, 0.15) is 43.0 Å². The number of benzene rings is 6. The highest BCUT2D eigenvalue weighted by molar-refractivity contribution is 7.32. The second kappa shape index (κ2) is 12.1. The van der Waals surface area contributed by atoms with E-state index in [9.17, 15) is 4.79 Å². The zero-order valence-corrected chi connectivity index (χ0v) is 29.0. The molecule has 242 valence electrons. The standard InChI is InChI=1S/C41H37O6P/c1-24-20-26(3)38(43-40(42)44-41(5,6)7)32(22-24)33-23-25(2)21-27(4)39(33)47-48-45-34-18-16-28-12-8-10-14-30(28)36(34)37-31-15-11-9-13-29(31)17-19-35(37)46-48/h8-23H,1-7H3. The fraction of sp³-hybridized carbons (Fsp3) is 0.195. The average molecular weight is 657 g/mol. The molecule has 0 amide bonds. The molecule has 0 aliphatic rings. The Morgan fingerprint density at radius 2 is 1.10 bits per heavy atom. The minimum absolute atomic E-state index is 0.411. The van der Waals surface area contributed by atoms with Crippen molar-refractivity contribution in [2.45, 2.75) is 54.1 Å². The topological polar surface area (TPSA) is 71.0 Å². The molecule has 0 spiro atoms.